The second-order valence-corrected chi connectivity index (χ2v) is 5.50. The molecule has 18 heavy (non-hydrogen) atoms. The van der Waals surface area contributed by atoms with Crippen LogP contribution in [0.25, 0.3) is 11.1 Å². The first kappa shape index (κ1) is 12.6. The van der Waals surface area contributed by atoms with Crippen molar-refractivity contribution in [2.24, 2.45) is 0 Å². The van der Waals surface area contributed by atoms with Crippen molar-refractivity contribution in [3.8, 4) is 11.1 Å². The minimum absolute atomic E-state index is 0.0621. The number of hydrogen-bond acceptors (Lipinski definition) is 1. The van der Waals surface area contributed by atoms with Crippen LogP contribution < -0.4 is 0 Å². The molecule has 2 aromatic carbocycles. The lowest BCUT2D eigenvalue weighted by atomic mass is 9.81. The lowest BCUT2D eigenvalue weighted by molar-refractivity contribution is 0.112. The Hall–Kier alpha value is -1.89. The number of carbonyl (C=O) groups is 1. The molecule has 0 fully saturated rings. The predicted molar refractivity (Wildman–Crippen MR) is 76.0 cm³/mol. The number of rotatable bonds is 2. The highest BCUT2D eigenvalue weighted by molar-refractivity contribution is 5.88. The summed E-state index contributed by atoms with van der Waals surface area (Å²) in [6.45, 7) is 6.57. The Morgan fingerprint density at radius 1 is 0.833 bits per heavy atom. The van der Waals surface area contributed by atoms with Gasteiger partial charge in [-0.15, -0.1) is 0 Å². The Kier molecular flexibility index (Phi) is 3.33. The zero-order valence-corrected chi connectivity index (χ0v) is 11.1. The van der Waals surface area contributed by atoms with Gasteiger partial charge in [0.1, 0.15) is 0 Å². The smallest absolute Gasteiger partial charge is 0.150 e. The van der Waals surface area contributed by atoms with E-state index in [9.17, 15) is 4.79 Å². The number of aldehydes is 1. The first-order chi connectivity index (χ1) is 8.54. The van der Waals surface area contributed by atoms with Gasteiger partial charge in [0.25, 0.3) is 0 Å². The summed E-state index contributed by atoms with van der Waals surface area (Å²) in [4.78, 5) is 11.2. The molecule has 0 aliphatic heterocycles. The Morgan fingerprint density at radius 2 is 1.39 bits per heavy atom. The molecule has 2 aromatic rings. The molecule has 0 aliphatic carbocycles. The van der Waals surface area contributed by atoms with E-state index in [1.165, 1.54) is 5.56 Å². The van der Waals surface area contributed by atoms with E-state index in [1.54, 1.807) is 0 Å². The molecule has 0 amide bonds. The monoisotopic (exact) mass is 238 g/mol. The van der Waals surface area contributed by atoms with Crippen LogP contribution in [0.1, 0.15) is 36.7 Å². The first-order valence-corrected chi connectivity index (χ1v) is 6.18. The Balaban J connectivity index is 2.68. The van der Waals surface area contributed by atoms with Gasteiger partial charge >= 0.3 is 0 Å². The molecule has 0 radical (unpaired) electrons. The van der Waals surface area contributed by atoms with Gasteiger partial charge in [-0.05, 0) is 22.1 Å². The maximum Gasteiger partial charge on any atom is 0.150 e. The lowest BCUT2D eigenvalue weighted by Gasteiger charge is -2.23. The van der Waals surface area contributed by atoms with Crippen molar-refractivity contribution in [3.05, 3.63) is 59.7 Å². The van der Waals surface area contributed by atoms with Crippen LogP contribution in [0.5, 0.6) is 0 Å². The van der Waals surface area contributed by atoms with Crippen molar-refractivity contribution in [1.29, 1.82) is 0 Å². The molecule has 0 unspecified atom stereocenters. The molecule has 0 saturated heterocycles. The Bertz CT molecular complexity index is 562. The summed E-state index contributed by atoms with van der Waals surface area (Å²) in [5.74, 6) is 0. The largest absolute Gasteiger partial charge is 0.298 e. The van der Waals surface area contributed by atoms with E-state index < -0.39 is 0 Å². The molecule has 0 aliphatic rings. The fraction of sp³-hybridized carbons (Fsp3) is 0.235. The highest BCUT2D eigenvalue weighted by Gasteiger charge is 2.19. The van der Waals surface area contributed by atoms with Gasteiger partial charge in [0, 0.05) is 5.56 Å². The molecule has 0 spiro atoms. The first-order valence-electron chi connectivity index (χ1n) is 6.18. The standard InChI is InChI=1S/C17H18O/c1-17(2,3)16-11-7-6-10-15(16)14-9-5-4-8-13(14)12-18/h4-12H,1-3H3. The van der Waals surface area contributed by atoms with Gasteiger partial charge in [-0.3, -0.25) is 4.79 Å². The van der Waals surface area contributed by atoms with Crippen molar-refractivity contribution in [1.82, 2.24) is 0 Å². The molecule has 92 valence electrons. The summed E-state index contributed by atoms with van der Waals surface area (Å²) in [6, 6.07) is 16.0. The van der Waals surface area contributed by atoms with Crippen LogP contribution >= 0.6 is 0 Å². The molecule has 0 aromatic heterocycles. The Labute approximate surface area is 108 Å². The number of hydrogen-bond donors (Lipinski definition) is 0. The predicted octanol–water partition coefficient (Wildman–Crippen LogP) is 4.46. The molecule has 0 atom stereocenters. The third-order valence-electron chi connectivity index (χ3n) is 3.11. The van der Waals surface area contributed by atoms with Gasteiger partial charge in [-0.2, -0.15) is 0 Å². The van der Waals surface area contributed by atoms with E-state index in [0.717, 1.165) is 23.0 Å². The van der Waals surface area contributed by atoms with Crippen LogP contribution in [-0.2, 0) is 5.41 Å². The van der Waals surface area contributed by atoms with E-state index >= 15 is 0 Å². The summed E-state index contributed by atoms with van der Waals surface area (Å²) in [5.41, 5.74) is 4.23. The third-order valence-corrected chi connectivity index (χ3v) is 3.11. The quantitative estimate of drug-likeness (QED) is 0.706. The van der Waals surface area contributed by atoms with E-state index in [1.807, 2.05) is 36.4 Å². The number of benzene rings is 2. The van der Waals surface area contributed by atoms with Crippen molar-refractivity contribution >= 4 is 6.29 Å². The van der Waals surface area contributed by atoms with Crippen LogP contribution in [-0.4, -0.2) is 6.29 Å². The van der Waals surface area contributed by atoms with Gasteiger partial charge < -0.3 is 0 Å². The van der Waals surface area contributed by atoms with Crippen LogP contribution in [0, 0.1) is 0 Å². The summed E-state index contributed by atoms with van der Waals surface area (Å²) < 4.78 is 0. The van der Waals surface area contributed by atoms with Crippen LogP contribution in [0.4, 0.5) is 0 Å². The van der Waals surface area contributed by atoms with Gasteiger partial charge in [-0.25, -0.2) is 0 Å². The molecule has 1 nitrogen and oxygen atoms in total. The average Bonchev–Trinajstić information content (AvgIpc) is 2.37. The van der Waals surface area contributed by atoms with Crippen LogP contribution in [0.3, 0.4) is 0 Å². The second kappa shape index (κ2) is 4.77. The van der Waals surface area contributed by atoms with Gasteiger partial charge in [0.2, 0.25) is 0 Å². The average molecular weight is 238 g/mol. The molecular formula is C17H18O. The minimum Gasteiger partial charge on any atom is -0.298 e. The topological polar surface area (TPSA) is 17.1 Å². The maximum atomic E-state index is 11.2. The minimum atomic E-state index is 0.0621. The van der Waals surface area contributed by atoms with E-state index in [-0.39, 0.29) is 5.41 Å². The molecule has 2 rings (SSSR count). The highest BCUT2D eigenvalue weighted by atomic mass is 16.1. The Morgan fingerprint density at radius 3 is 2.00 bits per heavy atom. The molecule has 1 heteroatoms. The fourth-order valence-corrected chi connectivity index (χ4v) is 2.22. The van der Waals surface area contributed by atoms with Crippen molar-refractivity contribution in [3.63, 3.8) is 0 Å². The molecule has 0 N–H and O–H groups in total. The lowest BCUT2D eigenvalue weighted by Crippen LogP contribution is -2.12. The zero-order chi connectivity index (χ0) is 13.2. The van der Waals surface area contributed by atoms with Crippen LogP contribution in [0.2, 0.25) is 0 Å². The van der Waals surface area contributed by atoms with E-state index in [0.29, 0.717) is 0 Å². The summed E-state index contributed by atoms with van der Waals surface area (Å²) in [7, 11) is 0. The fourth-order valence-electron chi connectivity index (χ4n) is 2.22. The summed E-state index contributed by atoms with van der Waals surface area (Å²) in [5, 5.41) is 0. The van der Waals surface area contributed by atoms with Gasteiger partial charge in [-0.1, -0.05) is 69.3 Å². The van der Waals surface area contributed by atoms with E-state index in [4.69, 9.17) is 0 Å². The molecule has 0 heterocycles. The van der Waals surface area contributed by atoms with E-state index in [2.05, 4.69) is 32.9 Å². The molecule has 0 bridgehead atoms. The zero-order valence-electron chi connectivity index (χ0n) is 11.1. The molecule has 0 saturated carbocycles. The third kappa shape index (κ3) is 2.35. The maximum absolute atomic E-state index is 11.2. The SMILES string of the molecule is CC(C)(C)c1ccccc1-c1ccccc1C=O. The second-order valence-electron chi connectivity index (χ2n) is 5.50. The van der Waals surface area contributed by atoms with Crippen molar-refractivity contribution in [2.75, 3.05) is 0 Å². The van der Waals surface area contributed by atoms with Crippen LogP contribution in [0.15, 0.2) is 48.5 Å². The molecular weight excluding hydrogens is 220 g/mol. The van der Waals surface area contributed by atoms with Gasteiger partial charge in [0.05, 0.1) is 0 Å². The summed E-state index contributed by atoms with van der Waals surface area (Å²) >= 11 is 0. The summed E-state index contributed by atoms with van der Waals surface area (Å²) in [6.07, 6.45) is 0.925. The highest BCUT2D eigenvalue weighted by Crippen LogP contribution is 2.33. The number of carbonyl (C=O) groups excluding carboxylic acids is 1. The normalized spacial score (nSPS) is 11.3. The van der Waals surface area contributed by atoms with Gasteiger partial charge in [0.15, 0.2) is 6.29 Å². The van der Waals surface area contributed by atoms with Crippen molar-refractivity contribution < 1.29 is 4.79 Å². The van der Waals surface area contributed by atoms with Crippen molar-refractivity contribution in [2.45, 2.75) is 26.2 Å².